The highest BCUT2D eigenvalue weighted by atomic mass is 79.9. The van der Waals surface area contributed by atoms with E-state index in [-0.39, 0.29) is 10.7 Å². The third-order valence-electron chi connectivity index (χ3n) is 2.10. The fraction of sp³-hybridized carbons (Fsp3) is 0.583. The molecule has 0 saturated carbocycles. The second-order valence-electron chi connectivity index (χ2n) is 4.91. The molecule has 2 nitrogen and oxygen atoms in total. The number of amides is 1. The molecule has 0 atom stereocenters. The molecule has 0 aliphatic rings. The Kier molecular flexibility index (Phi) is 5.54. The van der Waals surface area contributed by atoms with Crippen molar-refractivity contribution in [2.24, 2.45) is 0 Å². The van der Waals surface area contributed by atoms with Crippen molar-refractivity contribution in [1.29, 1.82) is 0 Å². The normalized spacial score (nSPS) is 11.6. The number of halogens is 1. The first kappa shape index (κ1) is 15.1. The number of rotatable bonds is 4. The number of nitrogens with zero attached hydrogens (tertiary/aromatic N) is 1. The molecule has 0 bridgehead atoms. The number of thiophene rings is 1. The van der Waals surface area contributed by atoms with Gasteiger partial charge in [0.25, 0.3) is 0 Å². The minimum absolute atomic E-state index is 0.141. The quantitative estimate of drug-likeness (QED) is 0.828. The number of carbonyl (C=O) groups is 1. The van der Waals surface area contributed by atoms with Crippen molar-refractivity contribution in [2.75, 3.05) is 12.8 Å². The molecule has 0 N–H and O–H groups in total. The number of thioether (sulfide) groups is 1. The van der Waals surface area contributed by atoms with Gasteiger partial charge in [0.15, 0.2) is 0 Å². The van der Waals surface area contributed by atoms with Crippen LogP contribution in [0.5, 0.6) is 0 Å². The predicted molar refractivity (Wildman–Crippen MR) is 80.7 cm³/mol. The summed E-state index contributed by atoms with van der Waals surface area (Å²) < 4.78 is 1.25. The third kappa shape index (κ3) is 5.93. The predicted octanol–water partition coefficient (Wildman–Crippen LogP) is 4.00. The molecular formula is C12H18BrNOS2. The smallest absolute Gasteiger partial charge is 0.232 e. The standard InChI is InChI=1S/C12H18BrNOS2/c1-12(2,3)17-8-11(15)14(4)6-9-5-10(13)16-7-9/h5,7H,6,8H2,1-4H3. The summed E-state index contributed by atoms with van der Waals surface area (Å²) in [6, 6.07) is 2.06. The van der Waals surface area contributed by atoms with Crippen LogP contribution >= 0.6 is 39.0 Å². The summed E-state index contributed by atoms with van der Waals surface area (Å²) in [5.74, 6) is 0.734. The molecule has 0 saturated heterocycles. The topological polar surface area (TPSA) is 20.3 Å². The summed E-state index contributed by atoms with van der Waals surface area (Å²) in [6.45, 7) is 7.06. The fourth-order valence-corrected chi connectivity index (χ4v) is 3.16. The molecule has 1 aromatic heterocycles. The Bertz CT molecular complexity index is 384. The first-order valence-electron chi connectivity index (χ1n) is 5.39. The molecule has 1 rings (SSSR count). The van der Waals surface area contributed by atoms with Crippen molar-refractivity contribution in [3.8, 4) is 0 Å². The van der Waals surface area contributed by atoms with Gasteiger partial charge >= 0.3 is 0 Å². The van der Waals surface area contributed by atoms with Gasteiger partial charge < -0.3 is 4.90 Å². The van der Waals surface area contributed by atoms with E-state index in [4.69, 9.17) is 0 Å². The average molecular weight is 336 g/mol. The highest BCUT2D eigenvalue weighted by Crippen LogP contribution is 2.24. The van der Waals surface area contributed by atoms with Crippen molar-refractivity contribution >= 4 is 44.9 Å². The van der Waals surface area contributed by atoms with Crippen molar-refractivity contribution in [3.63, 3.8) is 0 Å². The van der Waals surface area contributed by atoms with E-state index in [1.54, 1.807) is 28.0 Å². The Morgan fingerprint density at radius 2 is 2.18 bits per heavy atom. The molecule has 17 heavy (non-hydrogen) atoms. The van der Waals surface area contributed by atoms with Crippen molar-refractivity contribution in [3.05, 3.63) is 20.8 Å². The van der Waals surface area contributed by atoms with Gasteiger partial charge in [-0.1, -0.05) is 20.8 Å². The van der Waals surface area contributed by atoms with Crippen LogP contribution in [0.2, 0.25) is 0 Å². The van der Waals surface area contributed by atoms with Crippen LogP contribution in [0.15, 0.2) is 15.2 Å². The van der Waals surface area contributed by atoms with Crippen LogP contribution in [0.3, 0.4) is 0 Å². The Morgan fingerprint density at radius 1 is 1.53 bits per heavy atom. The summed E-state index contributed by atoms with van der Waals surface area (Å²) in [4.78, 5) is 13.7. The van der Waals surface area contributed by atoms with E-state index in [2.05, 4.69) is 48.1 Å². The maximum atomic E-state index is 11.9. The van der Waals surface area contributed by atoms with Gasteiger partial charge in [0, 0.05) is 18.3 Å². The lowest BCUT2D eigenvalue weighted by atomic mass is 10.3. The minimum atomic E-state index is 0.141. The lowest BCUT2D eigenvalue weighted by Crippen LogP contribution is -2.29. The number of hydrogen-bond donors (Lipinski definition) is 0. The largest absolute Gasteiger partial charge is 0.341 e. The zero-order valence-corrected chi connectivity index (χ0v) is 13.8. The second-order valence-corrected chi connectivity index (χ2v) is 9.00. The van der Waals surface area contributed by atoms with Crippen molar-refractivity contribution < 1.29 is 4.79 Å². The van der Waals surface area contributed by atoms with Gasteiger partial charge in [-0.15, -0.1) is 23.1 Å². The van der Waals surface area contributed by atoms with Crippen molar-refractivity contribution in [2.45, 2.75) is 32.1 Å². The monoisotopic (exact) mass is 335 g/mol. The molecule has 1 amide bonds. The van der Waals surface area contributed by atoms with Crippen LogP contribution in [0.25, 0.3) is 0 Å². The van der Waals surface area contributed by atoms with Crippen LogP contribution in [0.4, 0.5) is 0 Å². The van der Waals surface area contributed by atoms with E-state index < -0.39 is 0 Å². The van der Waals surface area contributed by atoms with Crippen LogP contribution in [0, 0.1) is 0 Å². The number of hydrogen-bond acceptors (Lipinski definition) is 3. The van der Waals surface area contributed by atoms with E-state index >= 15 is 0 Å². The zero-order chi connectivity index (χ0) is 13.1. The SMILES string of the molecule is CN(Cc1csc(Br)c1)C(=O)CSC(C)(C)C. The fourth-order valence-electron chi connectivity index (χ4n) is 1.18. The van der Waals surface area contributed by atoms with Gasteiger partial charge in [0.2, 0.25) is 5.91 Å². The lowest BCUT2D eigenvalue weighted by Gasteiger charge is -2.21. The van der Waals surface area contributed by atoms with Crippen LogP contribution in [0.1, 0.15) is 26.3 Å². The summed E-state index contributed by atoms with van der Waals surface area (Å²) >= 11 is 6.76. The van der Waals surface area contributed by atoms with E-state index in [9.17, 15) is 4.79 Å². The van der Waals surface area contributed by atoms with E-state index in [0.29, 0.717) is 12.3 Å². The Hall–Kier alpha value is -0.0000000000000000555. The molecule has 0 spiro atoms. The average Bonchev–Trinajstić information content (AvgIpc) is 2.59. The summed E-state index contributed by atoms with van der Waals surface area (Å²) in [5, 5.41) is 2.07. The molecule has 0 fully saturated rings. The van der Waals surface area contributed by atoms with Gasteiger partial charge in [0.1, 0.15) is 0 Å². The molecular weight excluding hydrogens is 318 g/mol. The van der Waals surface area contributed by atoms with Crippen LogP contribution in [-0.2, 0) is 11.3 Å². The van der Waals surface area contributed by atoms with Gasteiger partial charge in [0.05, 0.1) is 9.54 Å². The molecule has 0 aliphatic heterocycles. The first-order chi connectivity index (χ1) is 7.78. The maximum Gasteiger partial charge on any atom is 0.232 e. The molecule has 96 valence electrons. The first-order valence-corrected chi connectivity index (χ1v) is 8.04. The Morgan fingerprint density at radius 3 is 2.65 bits per heavy atom. The van der Waals surface area contributed by atoms with Crippen LogP contribution in [-0.4, -0.2) is 28.4 Å². The second kappa shape index (κ2) is 6.25. The highest BCUT2D eigenvalue weighted by Gasteiger charge is 2.16. The molecule has 0 aliphatic carbocycles. The molecule has 1 aromatic rings. The van der Waals surface area contributed by atoms with Crippen molar-refractivity contribution in [1.82, 2.24) is 4.90 Å². The zero-order valence-electron chi connectivity index (χ0n) is 10.6. The third-order valence-corrected chi connectivity index (χ3v) is 4.91. The summed E-state index contributed by atoms with van der Waals surface area (Å²) in [5.41, 5.74) is 1.18. The van der Waals surface area contributed by atoms with E-state index in [1.165, 1.54) is 5.56 Å². The molecule has 0 radical (unpaired) electrons. The highest BCUT2D eigenvalue weighted by molar-refractivity contribution is 9.11. The lowest BCUT2D eigenvalue weighted by molar-refractivity contribution is -0.127. The van der Waals surface area contributed by atoms with Gasteiger partial charge in [-0.25, -0.2) is 0 Å². The molecule has 1 heterocycles. The molecule has 0 aromatic carbocycles. The number of carbonyl (C=O) groups excluding carboxylic acids is 1. The van der Waals surface area contributed by atoms with E-state index in [0.717, 1.165) is 3.79 Å². The van der Waals surface area contributed by atoms with E-state index in [1.807, 2.05) is 7.05 Å². The van der Waals surface area contributed by atoms with Gasteiger partial charge in [-0.2, -0.15) is 0 Å². The minimum Gasteiger partial charge on any atom is -0.341 e. The molecule has 5 heteroatoms. The summed E-state index contributed by atoms with van der Waals surface area (Å²) in [6.07, 6.45) is 0. The Balaban J connectivity index is 2.42. The van der Waals surface area contributed by atoms with Gasteiger partial charge in [-0.3, -0.25) is 4.79 Å². The summed E-state index contributed by atoms with van der Waals surface area (Å²) in [7, 11) is 1.86. The maximum absolute atomic E-state index is 11.9. The van der Waals surface area contributed by atoms with Gasteiger partial charge in [-0.05, 0) is 32.9 Å². The Labute approximate surface area is 120 Å². The molecule has 0 unspecified atom stereocenters. The van der Waals surface area contributed by atoms with Crippen LogP contribution < -0.4 is 0 Å².